The van der Waals surface area contributed by atoms with Gasteiger partial charge in [-0.15, -0.1) is 0 Å². The molecule has 1 aromatic heterocycles. The molecule has 2 heterocycles. The van der Waals surface area contributed by atoms with E-state index >= 15 is 0 Å². The zero-order chi connectivity index (χ0) is 12.6. The second-order valence-electron chi connectivity index (χ2n) is 4.48. The summed E-state index contributed by atoms with van der Waals surface area (Å²) in [6.45, 7) is 3.04. The number of carbonyl (C=O) groups is 1. The van der Waals surface area contributed by atoms with Gasteiger partial charge in [0.05, 0.1) is 25.2 Å². The fourth-order valence-electron chi connectivity index (χ4n) is 1.96. The molecule has 5 heteroatoms. The zero-order valence-electron chi connectivity index (χ0n) is 10.5. The van der Waals surface area contributed by atoms with Crippen LogP contribution in [-0.2, 0) is 16.1 Å². The first-order valence-corrected chi connectivity index (χ1v) is 6.44. The molecule has 0 aliphatic carbocycles. The molecule has 1 amide bonds. The lowest BCUT2D eigenvalue weighted by Gasteiger charge is -2.22. The number of furan rings is 1. The molecule has 0 unspecified atom stereocenters. The van der Waals surface area contributed by atoms with Gasteiger partial charge >= 0.3 is 0 Å². The Morgan fingerprint density at radius 3 is 3.06 bits per heavy atom. The summed E-state index contributed by atoms with van der Waals surface area (Å²) in [6, 6.07) is 1.84. The summed E-state index contributed by atoms with van der Waals surface area (Å²) in [5, 5.41) is 6.11. The Bertz CT molecular complexity index is 345. The lowest BCUT2D eigenvalue weighted by Crippen LogP contribution is -2.33. The number of carbonyl (C=O) groups excluding carboxylic acids is 1. The van der Waals surface area contributed by atoms with Crippen molar-refractivity contribution in [1.29, 1.82) is 0 Å². The van der Waals surface area contributed by atoms with Gasteiger partial charge in [-0.1, -0.05) is 0 Å². The van der Waals surface area contributed by atoms with Crippen LogP contribution in [0.4, 0.5) is 0 Å². The standard InChI is InChI=1S/C13H20N2O3/c16-13(15-9-11-3-7-17-10-11)4-8-18-12-1-5-14-6-2-12/h3,7,10,12,14H,1-2,4-6,8-9H2,(H,15,16). The van der Waals surface area contributed by atoms with Crippen LogP contribution >= 0.6 is 0 Å². The van der Waals surface area contributed by atoms with E-state index in [0.717, 1.165) is 31.5 Å². The van der Waals surface area contributed by atoms with Gasteiger partial charge in [0.2, 0.25) is 5.91 Å². The summed E-state index contributed by atoms with van der Waals surface area (Å²) in [6.07, 6.45) is 6.04. The number of piperidine rings is 1. The summed E-state index contributed by atoms with van der Waals surface area (Å²) in [4.78, 5) is 11.5. The summed E-state index contributed by atoms with van der Waals surface area (Å²) in [5.74, 6) is 0.0186. The van der Waals surface area contributed by atoms with Gasteiger partial charge in [0.15, 0.2) is 0 Å². The molecule has 0 radical (unpaired) electrons. The third kappa shape index (κ3) is 4.50. The minimum atomic E-state index is 0.0186. The van der Waals surface area contributed by atoms with Crippen LogP contribution in [0.3, 0.4) is 0 Å². The zero-order valence-corrected chi connectivity index (χ0v) is 10.5. The van der Waals surface area contributed by atoms with E-state index in [0.29, 0.717) is 25.7 Å². The Hall–Kier alpha value is -1.33. The van der Waals surface area contributed by atoms with Crippen molar-refractivity contribution in [2.45, 2.75) is 31.9 Å². The second-order valence-corrected chi connectivity index (χ2v) is 4.48. The van der Waals surface area contributed by atoms with Gasteiger partial charge in [-0.2, -0.15) is 0 Å². The van der Waals surface area contributed by atoms with Crippen LogP contribution in [-0.4, -0.2) is 31.7 Å². The van der Waals surface area contributed by atoms with Gasteiger partial charge in [0, 0.05) is 18.5 Å². The number of hydrogen-bond donors (Lipinski definition) is 2. The normalized spacial score (nSPS) is 16.7. The summed E-state index contributed by atoms with van der Waals surface area (Å²) in [5.41, 5.74) is 0.975. The van der Waals surface area contributed by atoms with Crippen LogP contribution in [0.2, 0.25) is 0 Å². The van der Waals surface area contributed by atoms with Crippen molar-refractivity contribution in [1.82, 2.24) is 10.6 Å². The highest BCUT2D eigenvalue weighted by Gasteiger charge is 2.13. The first kappa shape index (κ1) is 13.1. The van der Waals surface area contributed by atoms with Gasteiger partial charge in [-0.3, -0.25) is 4.79 Å². The first-order valence-electron chi connectivity index (χ1n) is 6.44. The first-order chi connectivity index (χ1) is 8.84. The van der Waals surface area contributed by atoms with E-state index in [1.165, 1.54) is 0 Å². The van der Waals surface area contributed by atoms with E-state index in [2.05, 4.69) is 10.6 Å². The third-order valence-corrected chi connectivity index (χ3v) is 3.04. The number of ether oxygens (including phenoxy) is 1. The van der Waals surface area contributed by atoms with Gasteiger partial charge in [-0.05, 0) is 32.0 Å². The average molecular weight is 252 g/mol. The molecule has 100 valence electrons. The van der Waals surface area contributed by atoms with Crippen molar-refractivity contribution in [3.05, 3.63) is 24.2 Å². The summed E-state index contributed by atoms with van der Waals surface area (Å²) >= 11 is 0. The Morgan fingerprint density at radius 2 is 2.33 bits per heavy atom. The molecular weight excluding hydrogens is 232 g/mol. The number of hydrogen-bond acceptors (Lipinski definition) is 4. The minimum Gasteiger partial charge on any atom is -0.472 e. The number of rotatable bonds is 6. The largest absolute Gasteiger partial charge is 0.472 e. The minimum absolute atomic E-state index is 0.0186. The molecule has 1 aromatic rings. The van der Waals surface area contributed by atoms with E-state index in [4.69, 9.17) is 9.15 Å². The molecule has 1 fully saturated rings. The number of amides is 1. The van der Waals surface area contributed by atoms with Crippen molar-refractivity contribution in [2.75, 3.05) is 19.7 Å². The van der Waals surface area contributed by atoms with Crippen molar-refractivity contribution in [2.24, 2.45) is 0 Å². The van der Waals surface area contributed by atoms with Crippen molar-refractivity contribution in [3.63, 3.8) is 0 Å². The molecule has 1 saturated heterocycles. The van der Waals surface area contributed by atoms with Crippen LogP contribution in [0, 0.1) is 0 Å². The molecule has 0 spiro atoms. The average Bonchev–Trinajstić information content (AvgIpc) is 2.91. The van der Waals surface area contributed by atoms with E-state index in [1.54, 1.807) is 12.5 Å². The van der Waals surface area contributed by atoms with E-state index in [-0.39, 0.29) is 5.91 Å². The van der Waals surface area contributed by atoms with E-state index in [1.807, 2.05) is 6.07 Å². The fourth-order valence-corrected chi connectivity index (χ4v) is 1.96. The topological polar surface area (TPSA) is 63.5 Å². The Balaban J connectivity index is 1.54. The molecule has 18 heavy (non-hydrogen) atoms. The van der Waals surface area contributed by atoms with Crippen molar-refractivity contribution in [3.8, 4) is 0 Å². The molecule has 0 atom stereocenters. The monoisotopic (exact) mass is 252 g/mol. The Labute approximate surface area is 107 Å². The van der Waals surface area contributed by atoms with Gasteiger partial charge in [0.25, 0.3) is 0 Å². The quantitative estimate of drug-likeness (QED) is 0.794. The Morgan fingerprint density at radius 1 is 1.50 bits per heavy atom. The lowest BCUT2D eigenvalue weighted by atomic mass is 10.1. The van der Waals surface area contributed by atoms with Gasteiger partial charge < -0.3 is 19.8 Å². The number of nitrogens with one attached hydrogen (secondary N) is 2. The molecule has 0 aromatic carbocycles. The predicted octanol–water partition coefficient (Wildman–Crippen LogP) is 1.05. The van der Waals surface area contributed by atoms with Crippen LogP contribution in [0.1, 0.15) is 24.8 Å². The molecule has 0 saturated carbocycles. The van der Waals surface area contributed by atoms with E-state index < -0.39 is 0 Å². The summed E-state index contributed by atoms with van der Waals surface area (Å²) in [7, 11) is 0. The van der Waals surface area contributed by atoms with Crippen LogP contribution in [0.25, 0.3) is 0 Å². The van der Waals surface area contributed by atoms with Crippen molar-refractivity contribution < 1.29 is 13.9 Å². The predicted molar refractivity (Wildman–Crippen MR) is 67.0 cm³/mol. The SMILES string of the molecule is O=C(CCOC1CCNCC1)NCc1ccoc1. The van der Waals surface area contributed by atoms with Gasteiger partial charge in [0.1, 0.15) is 0 Å². The highest BCUT2D eigenvalue weighted by atomic mass is 16.5. The maximum atomic E-state index is 11.5. The van der Waals surface area contributed by atoms with Crippen LogP contribution in [0.5, 0.6) is 0 Å². The molecule has 0 bridgehead atoms. The van der Waals surface area contributed by atoms with E-state index in [9.17, 15) is 4.79 Å². The maximum absolute atomic E-state index is 11.5. The Kier molecular flexibility index (Phi) is 5.23. The van der Waals surface area contributed by atoms with Crippen molar-refractivity contribution >= 4 is 5.91 Å². The third-order valence-electron chi connectivity index (χ3n) is 3.04. The highest BCUT2D eigenvalue weighted by Crippen LogP contribution is 2.07. The molecular formula is C13H20N2O3. The molecule has 5 nitrogen and oxygen atoms in total. The molecule has 1 aliphatic rings. The van der Waals surface area contributed by atoms with Crippen LogP contribution in [0.15, 0.2) is 23.0 Å². The smallest absolute Gasteiger partial charge is 0.222 e. The fraction of sp³-hybridized carbons (Fsp3) is 0.615. The van der Waals surface area contributed by atoms with Crippen LogP contribution < -0.4 is 10.6 Å². The maximum Gasteiger partial charge on any atom is 0.222 e. The molecule has 2 rings (SSSR count). The summed E-state index contributed by atoms with van der Waals surface area (Å²) < 4.78 is 10.6. The lowest BCUT2D eigenvalue weighted by molar-refractivity contribution is -0.122. The molecule has 2 N–H and O–H groups in total. The van der Waals surface area contributed by atoms with Gasteiger partial charge in [-0.25, -0.2) is 0 Å². The second kappa shape index (κ2) is 7.18. The highest BCUT2D eigenvalue weighted by molar-refractivity contribution is 5.75. The molecule has 1 aliphatic heterocycles.